The first-order valence-electron chi connectivity index (χ1n) is 8.41. The highest BCUT2D eigenvalue weighted by atomic mass is 35.5. The SMILES string of the molecule is CCCSc1nc(Cl)c(N)c(C23CC(C(=O)N2)C2OC(C)(C)OC23)n1. The zero-order valence-corrected chi connectivity index (χ0v) is 15.9. The van der Waals surface area contributed by atoms with Crippen molar-refractivity contribution in [3.8, 4) is 0 Å². The molecule has 0 spiro atoms. The molecule has 4 unspecified atom stereocenters. The van der Waals surface area contributed by atoms with Crippen LogP contribution in [0.2, 0.25) is 5.15 Å². The highest BCUT2D eigenvalue weighted by molar-refractivity contribution is 7.99. The molecule has 4 atom stereocenters. The average Bonchev–Trinajstić information content (AvgIpc) is 3.14. The Hall–Kier alpha value is -1.09. The monoisotopic (exact) mass is 384 g/mol. The molecule has 136 valence electrons. The summed E-state index contributed by atoms with van der Waals surface area (Å²) >= 11 is 7.79. The Bertz CT molecular complexity index is 746. The number of piperidine rings is 1. The smallest absolute Gasteiger partial charge is 0.226 e. The molecule has 2 bridgehead atoms. The van der Waals surface area contributed by atoms with Crippen LogP contribution in [-0.4, -0.2) is 39.6 Å². The van der Waals surface area contributed by atoms with Gasteiger partial charge in [0.25, 0.3) is 0 Å². The van der Waals surface area contributed by atoms with E-state index in [4.69, 9.17) is 26.8 Å². The third-order valence-electron chi connectivity index (χ3n) is 4.97. The van der Waals surface area contributed by atoms with Crippen LogP contribution in [-0.2, 0) is 19.8 Å². The van der Waals surface area contributed by atoms with Gasteiger partial charge < -0.3 is 20.5 Å². The van der Waals surface area contributed by atoms with Gasteiger partial charge in [0.05, 0.1) is 17.3 Å². The Kier molecular flexibility index (Phi) is 3.95. The van der Waals surface area contributed by atoms with E-state index >= 15 is 0 Å². The maximum atomic E-state index is 12.5. The summed E-state index contributed by atoms with van der Waals surface area (Å²) in [5.74, 6) is -0.205. The second-order valence-electron chi connectivity index (χ2n) is 7.20. The van der Waals surface area contributed by atoms with Gasteiger partial charge in [-0.05, 0) is 26.7 Å². The van der Waals surface area contributed by atoms with Crippen LogP contribution in [0, 0.1) is 5.92 Å². The Morgan fingerprint density at radius 3 is 2.88 bits per heavy atom. The minimum Gasteiger partial charge on any atom is -0.395 e. The molecule has 3 heterocycles. The topological polar surface area (TPSA) is 99.4 Å². The Labute approximate surface area is 155 Å². The number of nitrogen functional groups attached to an aromatic ring is 1. The van der Waals surface area contributed by atoms with E-state index in [2.05, 4.69) is 22.2 Å². The van der Waals surface area contributed by atoms with Crippen molar-refractivity contribution in [2.75, 3.05) is 11.5 Å². The van der Waals surface area contributed by atoms with E-state index in [1.54, 1.807) is 0 Å². The van der Waals surface area contributed by atoms with E-state index in [9.17, 15) is 4.79 Å². The van der Waals surface area contributed by atoms with Crippen LogP contribution in [0.25, 0.3) is 0 Å². The lowest BCUT2D eigenvalue weighted by Crippen LogP contribution is -2.55. The molecular weight excluding hydrogens is 364 g/mol. The van der Waals surface area contributed by atoms with Gasteiger partial charge in [0, 0.05) is 5.75 Å². The molecule has 4 rings (SSSR count). The van der Waals surface area contributed by atoms with Gasteiger partial charge in [-0.15, -0.1) is 0 Å². The summed E-state index contributed by atoms with van der Waals surface area (Å²) in [7, 11) is 0. The van der Waals surface area contributed by atoms with Gasteiger partial charge in [-0.3, -0.25) is 4.79 Å². The Balaban J connectivity index is 1.80. The molecule has 1 aliphatic carbocycles. The van der Waals surface area contributed by atoms with Crippen molar-refractivity contribution in [2.45, 2.75) is 62.3 Å². The molecule has 7 nitrogen and oxygen atoms in total. The van der Waals surface area contributed by atoms with E-state index in [-0.39, 0.29) is 34.9 Å². The van der Waals surface area contributed by atoms with Crippen LogP contribution < -0.4 is 11.1 Å². The van der Waals surface area contributed by atoms with Crippen LogP contribution in [0.1, 0.15) is 39.3 Å². The lowest BCUT2D eigenvalue weighted by Gasteiger charge is -2.35. The summed E-state index contributed by atoms with van der Waals surface area (Å²) < 4.78 is 12.1. The summed E-state index contributed by atoms with van der Waals surface area (Å²) in [5.41, 5.74) is 6.23. The number of rotatable bonds is 4. The van der Waals surface area contributed by atoms with Crippen molar-refractivity contribution in [3.05, 3.63) is 10.8 Å². The molecule has 9 heteroatoms. The predicted octanol–water partition coefficient (Wildman–Crippen LogP) is 2.08. The van der Waals surface area contributed by atoms with Crippen LogP contribution in [0.15, 0.2) is 5.16 Å². The molecule has 1 saturated carbocycles. The number of hydrogen-bond donors (Lipinski definition) is 2. The van der Waals surface area contributed by atoms with Gasteiger partial charge in [-0.25, -0.2) is 9.97 Å². The maximum absolute atomic E-state index is 12.5. The second-order valence-corrected chi connectivity index (χ2v) is 8.62. The van der Waals surface area contributed by atoms with Gasteiger partial charge in [-0.2, -0.15) is 0 Å². The molecule has 1 aromatic heterocycles. The largest absolute Gasteiger partial charge is 0.395 e. The molecule has 2 saturated heterocycles. The molecule has 1 aromatic rings. The fourth-order valence-corrected chi connectivity index (χ4v) is 4.95. The number of halogens is 1. The first-order valence-corrected chi connectivity index (χ1v) is 9.78. The summed E-state index contributed by atoms with van der Waals surface area (Å²) in [6.45, 7) is 5.78. The van der Waals surface area contributed by atoms with Crippen molar-refractivity contribution < 1.29 is 14.3 Å². The third-order valence-corrected chi connectivity index (χ3v) is 6.31. The van der Waals surface area contributed by atoms with Crippen LogP contribution in [0.3, 0.4) is 0 Å². The van der Waals surface area contributed by atoms with Crippen LogP contribution in [0.4, 0.5) is 5.69 Å². The van der Waals surface area contributed by atoms with Gasteiger partial charge in [0.1, 0.15) is 17.7 Å². The molecule has 0 aromatic carbocycles. The molecule has 25 heavy (non-hydrogen) atoms. The van der Waals surface area contributed by atoms with Crippen molar-refractivity contribution in [1.29, 1.82) is 0 Å². The summed E-state index contributed by atoms with van der Waals surface area (Å²) in [4.78, 5) is 21.4. The molecule has 0 radical (unpaired) electrons. The van der Waals surface area contributed by atoms with E-state index < -0.39 is 11.3 Å². The summed E-state index contributed by atoms with van der Waals surface area (Å²) in [6, 6.07) is 0. The number of carbonyl (C=O) groups excluding carboxylic acids is 1. The first kappa shape index (κ1) is 17.3. The van der Waals surface area contributed by atoms with Crippen LogP contribution >= 0.6 is 23.4 Å². The van der Waals surface area contributed by atoms with Gasteiger partial charge in [0.15, 0.2) is 16.1 Å². The zero-order valence-electron chi connectivity index (χ0n) is 14.3. The predicted molar refractivity (Wildman–Crippen MR) is 94.2 cm³/mol. The molecule has 1 amide bonds. The fraction of sp³-hybridized carbons (Fsp3) is 0.688. The number of aromatic nitrogens is 2. The van der Waals surface area contributed by atoms with E-state index in [0.29, 0.717) is 17.3 Å². The standard InChI is InChI=1S/C16H21ClN4O3S/c1-4-5-25-14-19-10(8(18)12(17)20-14)16-6-7(13(22)21-16)9-11(16)24-15(2,3)23-9/h7,9,11H,4-6,18H2,1-3H3,(H,21,22). The number of nitrogens with one attached hydrogen (secondary N) is 1. The number of nitrogens with zero attached hydrogens (tertiary/aromatic N) is 2. The van der Waals surface area contributed by atoms with Crippen molar-refractivity contribution >= 4 is 35.0 Å². The normalized spacial score (nSPS) is 35.0. The number of amides is 1. The highest BCUT2D eigenvalue weighted by Crippen LogP contribution is 2.56. The van der Waals surface area contributed by atoms with Crippen molar-refractivity contribution in [3.63, 3.8) is 0 Å². The van der Waals surface area contributed by atoms with Crippen LogP contribution in [0.5, 0.6) is 0 Å². The Morgan fingerprint density at radius 1 is 1.40 bits per heavy atom. The quantitative estimate of drug-likeness (QED) is 0.465. The first-order chi connectivity index (χ1) is 11.8. The zero-order chi connectivity index (χ0) is 18.0. The number of ether oxygens (including phenoxy) is 2. The number of thioether (sulfide) groups is 1. The number of carbonyl (C=O) groups is 1. The van der Waals surface area contributed by atoms with E-state index in [0.717, 1.165) is 12.2 Å². The molecule has 3 fully saturated rings. The molecular formula is C16H21ClN4O3S. The highest BCUT2D eigenvalue weighted by Gasteiger charge is 2.70. The Morgan fingerprint density at radius 2 is 2.16 bits per heavy atom. The number of anilines is 1. The van der Waals surface area contributed by atoms with Crippen molar-refractivity contribution in [2.24, 2.45) is 5.92 Å². The molecule has 2 aliphatic heterocycles. The summed E-state index contributed by atoms with van der Waals surface area (Å²) in [5, 5.41) is 3.83. The van der Waals surface area contributed by atoms with E-state index in [1.165, 1.54) is 11.8 Å². The summed E-state index contributed by atoms with van der Waals surface area (Å²) in [6.07, 6.45) is 0.879. The second kappa shape index (κ2) is 5.70. The van der Waals surface area contributed by atoms with Gasteiger partial charge in [0.2, 0.25) is 5.91 Å². The third kappa shape index (κ3) is 2.53. The van der Waals surface area contributed by atoms with Crippen molar-refractivity contribution in [1.82, 2.24) is 15.3 Å². The fourth-order valence-electron chi connectivity index (χ4n) is 4.03. The van der Waals surface area contributed by atoms with E-state index in [1.807, 2.05) is 13.8 Å². The minimum atomic E-state index is -0.821. The lowest BCUT2D eigenvalue weighted by molar-refractivity contribution is -0.160. The number of hydrogen-bond acceptors (Lipinski definition) is 7. The molecule has 3 aliphatic rings. The average molecular weight is 385 g/mol. The number of nitrogens with two attached hydrogens (primary N) is 1. The maximum Gasteiger partial charge on any atom is 0.226 e. The number of fused-ring (bicyclic) bond motifs is 5. The van der Waals surface area contributed by atoms with Gasteiger partial charge >= 0.3 is 0 Å². The van der Waals surface area contributed by atoms with Gasteiger partial charge in [-0.1, -0.05) is 30.3 Å². The lowest BCUT2D eigenvalue weighted by atomic mass is 9.90. The molecule has 3 N–H and O–H groups in total. The minimum absolute atomic E-state index is 0.0561.